The van der Waals surface area contributed by atoms with E-state index in [0.29, 0.717) is 0 Å². The van der Waals surface area contributed by atoms with E-state index in [-0.39, 0.29) is 0 Å². The van der Waals surface area contributed by atoms with Crippen LogP contribution in [0.4, 0.5) is 17.1 Å². The van der Waals surface area contributed by atoms with Crippen molar-refractivity contribution < 1.29 is 0 Å². The highest BCUT2D eigenvalue weighted by atomic mass is 15.1. The van der Waals surface area contributed by atoms with Crippen molar-refractivity contribution in [3.63, 3.8) is 0 Å². The Kier molecular flexibility index (Phi) is 3.29. The highest BCUT2D eigenvalue weighted by Crippen LogP contribution is 2.27. The Bertz CT molecular complexity index is 387. The van der Waals surface area contributed by atoms with Crippen LogP contribution in [0.3, 0.4) is 0 Å². The number of hydrogen-bond acceptors (Lipinski definition) is 4. The van der Waals surface area contributed by atoms with E-state index in [4.69, 9.17) is 5.73 Å². The van der Waals surface area contributed by atoms with E-state index in [1.165, 1.54) is 12.8 Å². The van der Waals surface area contributed by atoms with E-state index in [2.05, 4.69) is 15.2 Å². The number of aliphatic imine (C=N–C) groups is 1. The van der Waals surface area contributed by atoms with Gasteiger partial charge in [-0.1, -0.05) is 0 Å². The molecule has 0 bridgehead atoms. The van der Waals surface area contributed by atoms with Gasteiger partial charge in [-0.15, -0.1) is 0 Å². The summed E-state index contributed by atoms with van der Waals surface area (Å²) in [6.07, 6.45) is 4.22. The minimum absolute atomic E-state index is 0.748. The van der Waals surface area contributed by atoms with E-state index >= 15 is 0 Å². The third-order valence-electron chi connectivity index (χ3n) is 2.67. The standard InChI is InChI=1S/C12H18N4/c1-16-7-3-2-6-14-11-5-4-10(13)8-12(11)15-9-16/h4-5,8-9,14H,2-3,6-7,13H2,1H3. The van der Waals surface area contributed by atoms with Gasteiger partial charge in [0.2, 0.25) is 0 Å². The molecule has 0 amide bonds. The number of nitrogens with two attached hydrogens (primary N) is 1. The molecule has 1 aromatic carbocycles. The molecule has 3 N–H and O–H groups in total. The van der Waals surface area contributed by atoms with E-state index in [0.717, 1.165) is 30.2 Å². The minimum Gasteiger partial charge on any atom is -0.399 e. The first kappa shape index (κ1) is 10.8. The van der Waals surface area contributed by atoms with Gasteiger partial charge in [0.25, 0.3) is 0 Å². The maximum absolute atomic E-state index is 5.76. The van der Waals surface area contributed by atoms with Crippen molar-refractivity contribution in [1.29, 1.82) is 0 Å². The van der Waals surface area contributed by atoms with Crippen LogP contribution in [0.25, 0.3) is 0 Å². The molecule has 0 saturated heterocycles. The number of hydrogen-bond donors (Lipinski definition) is 2. The van der Waals surface area contributed by atoms with Gasteiger partial charge in [0, 0.05) is 25.8 Å². The SMILES string of the molecule is CN1C=Nc2cc(N)ccc2NCCCC1. The number of anilines is 2. The van der Waals surface area contributed by atoms with Gasteiger partial charge in [0.1, 0.15) is 0 Å². The average molecular weight is 218 g/mol. The number of nitrogens with one attached hydrogen (secondary N) is 1. The van der Waals surface area contributed by atoms with Crippen molar-refractivity contribution in [2.75, 3.05) is 31.2 Å². The van der Waals surface area contributed by atoms with Crippen LogP contribution in [0.1, 0.15) is 12.8 Å². The van der Waals surface area contributed by atoms with Crippen molar-refractivity contribution in [2.45, 2.75) is 12.8 Å². The molecule has 4 heteroatoms. The zero-order valence-electron chi connectivity index (χ0n) is 9.61. The molecule has 2 rings (SSSR count). The number of nitrogen functional groups attached to an aromatic ring is 1. The first-order valence-corrected chi connectivity index (χ1v) is 5.63. The van der Waals surface area contributed by atoms with Gasteiger partial charge in [-0.3, -0.25) is 0 Å². The third kappa shape index (κ3) is 2.66. The molecule has 1 heterocycles. The van der Waals surface area contributed by atoms with Crippen molar-refractivity contribution in [2.24, 2.45) is 4.99 Å². The zero-order chi connectivity index (χ0) is 11.4. The molecule has 86 valence electrons. The molecule has 16 heavy (non-hydrogen) atoms. The highest BCUT2D eigenvalue weighted by Gasteiger charge is 2.03. The number of benzene rings is 1. The van der Waals surface area contributed by atoms with Gasteiger partial charge >= 0.3 is 0 Å². The van der Waals surface area contributed by atoms with Crippen LogP contribution < -0.4 is 11.1 Å². The Hall–Kier alpha value is -1.71. The molecular formula is C12H18N4. The van der Waals surface area contributed by atoms with Crippen LogP contribution in [-0.2, 0) is 0 Å². The Labute approximate surface area is 96.2 Å². The second-order valence-corrected chi connectivity index (χ2v) is 4.14. The fraction of sp³-hybridized carbons (Fsp3) is 0.417. The molecule has 0 saturated carbocycles. The smallest absolute Gasteiger partial charge is 0.0910 e. The maximum Gasteiger partial charge on any atom is 0.0910 e. The topological polar surface area (TPSA) is 53.6 Å². The second kappa shape index (κ2) is 4.88. The molecule has 0 fully saturated rings. The molecule has 0 spiro atoms. The lowest BCUT2D eigenvalue weighted by molar-refractivity contribution is 0.494. The van der Waals surface area contributed by atoms with Gasteiger partial charge in [-0.2, -0.15) is 0 Å². The molecule has 0 aromatic heterocycles. The summed E-state index contributed by atoms with van der Waals surface area (Å²) >= 11 is 0. The molecule has 0 aliphatic carbocycles. The van der Waals surface area contributed by atoms with Crippen molar-refractivity contribution >= 4 is 23.4 Å². The summed E-state index contributed by atoms with van der Waals surface area (Å²) in [5, 5.41) is 3.39. The van der Waals surface area contributed by atoms with Crippen LogP contribution >= 0.6 is 0 Å². The largest absolute Gasteiger partial charge is 0.399 e. The van der Waals surface area contributed by atoms with E-state index in [1.807, 2.05) is 31.6 Å². The van der Waals surface area contributed by atoms with Gasteiger partial charge in [-0.05, 0) is 31.0 Å². The molecule has 0 radical (unpaired) electrons. The molecule has 1 aliphatic rings. The third-order valence-corrected chi connectivity index (χ3v) is 2.67. The minimum atomic E-state index is 0.748. The molecule has 4 nitrogen and oxygen atoms in total. The predicted octanol–water partition coefficient (Wildman–Crippen LogP) is 2.07. The molecule has 1 aromatic rings. The Morgan fingerprint density at radius 3 is 3.12 bits per heavy atom. The maximum atomic E-state index is 5.76. The monoisotopic (exact) mass is 218 g/mol. The first-order chi connectivity index (χ1) is 7.75. The molecule has 0 unspecified atom stereocenters. The lowest BCUT2D eigenvalue weighted by atomic mass is 10.2. The van der Waals surface area contributed by atoms with Crippen LogP contribution in [0, 0.1) is 0 Å². The zero-order valence-corrected chi connectivity index (χ0v) is 9.61. The summed E-state index contributed by atoms with van der Waals surface area (Å²) in [5.74, 6) is 0. The summed E-state index contributed by atoms with van der Waals surface area (Å²) in [7, 11) is 2.05. The van der Waals surface area contributed by atoms with Gasteiger partial charge in [0.15, 0.2) is 0 Å². The Morgan fingerprint density at radius 2 is 2.25 bits per heavy atom. The summed E-state index contributed by atoms with van der Waals surface area (Å²) in [6, 6.07) is 5.79. The van der Waals surface area contributed by atoms with Crippen molar-refractivity contribution in [1.82, 2.24) is 4.90 Å². The van der Waals surface area contributed by atoms with E-state index in [1.54, 1.807) is 0 Å². The normalized spacial score (nSPS) is 16.4. The highest BCUT2D eigenvalue weighted by molar-refractivity contribution is 5.74. The summed E-state index contributed by atoms with van der Waals surface area (Å²) in [6.45, 7) is 2.03. The average Bonchev–Trinajstić information content (AvgIpc) is 2.28. The van der Waals surface area contributed by atoms with Crippen LogP contribution in [-0.4, -0.2) is 31.4 Å². The Morgan fingerprint density at radius 1 is 1.38 bits per heavy atom. The quantitative estimate of drug-likeness (QED) is 0.655. The van der Waals surface area contributed by atoms with E-state index in [9.17, 15) is 0 Å². The molecule has 0 atom stereocenters. The lowest BCUT2D eigenvalue weighted by Gasteiger charge is -2.16. The fourth-order valence-electron chi connectivity index (χ4n) is 1.73. The number of rotatable bonds is 0. The predicted molar refractivity (Wildman–Crippen MR) is 69.4 cm³/mol. The first-order valence-electron chi connectivity index (χ1n) is 5.63. The number of fused-ring (bicyclic) bond motifs is 1. The fourth-order valence-corrected chi connectivity index (χ4v) is 1.73. The van der Waals surface area contributed by atoms with Crippen molar-refractivity contribution in [3.8, 4) is 0 Å². The van der Waals surface area contributed by atoms with Crippen molar-refractivity contribution in [3.05, 3.63) is 18.2 Å². The van der Waals surface area contributed by atoms with Crippen LogP contribution in [0.5, 0.6) is 0 Å². The molecular weight excluding hydrogens is 200 g/mol. The Balaban J connectivity index is 2.29. The van der Waals surface area contributed by atoms with Gasteiger partial charge in [0.05, 0.1) is 17.7 Å². The second-order valence-electron chi connectivity index (χ2n) is 4.14. The summed E-state index contributed by atoms with van der Waals surface area (Å²) < 4.78 is 0. The summed E-state index contributed by atoms with van der Waals surface area (Å²) in [4.78, 5) is 6.56. The van der Waals surface area contributed by atoms with E-state index < -0.39 is 0 Å². The lowest BCUT2D eigenvalue weighted by Crippen LogP contribution is -2.19. The van der Waals surface area contributed by atoms with Crippen LogP contribution in [0.2, 0.25) is 0 Å². The molecule has 1 aliphatic heterocycles. The van der Waals surface area contributed by atoms with Crippen LogP contribution in [0.15, 0.2) is 23.2 Å². The van der Waals surface area contributed by atoms with Gasteiger partial charge in [-0.25, -0.2) is 4.99 Å². The van der Waals surface area contributed by atoms with Gasteiger partial charge < -0.3 is 16.0 Å². The summed E-state index contributed by atoms with van der Waals surface area (Å²) in [5.41, 5.74) is 8.48. The number of nitrogens with zero attached hydrogens (tertiary/aromatic N) is 2.